The molecule has 0 radical (unpaired) electrons. The van der Waals surface area contributed by atoms with Gasteiger partial charge in [0, 0.05) is 11.1 Å². The maximum absolute atomic E-state index is 11.8. The van der Waals surface area contributed by atoms with E-state index in [-0.39, 0.29) is 10.5 Å². The van der Waals surface area contributed by atoms with Crippen molar-refractivity contribution in [3.63, 3.8) is 0 Å². The second-order valence-electron chi connectivity index (χ2n) is 4.14. The molecule has 78 valence electrons. The molecule has 0 fully saturated rings. The fourth-order valence-corrected chi connectivity index (χ4v) is 1.75. The molecule has 0 N–H and O–H groups in total. The molecule has 1 aromatic carbocycles. The molecule has 0 saturated heterocycles. The highest BCUT2D eigenvalue weighted by Crippen LogP contribution is 2.24. The van der Waals surface area contributed by atoms with Crippen LogP contribution in [0.1, 0.15) is 12.5 Å². The first kappa shape index (κ1) is 9.93. The summed E-state index contributed by atoms with van der Waals surface area (Å²) in [6.45, 7) is 1.83. The lowest BCUT2D eigenvalue weighted by Gasteiger charge is -2.24. The highest BCUT2D eigenvalue weighted by atomic mass is 16.3. The SMILES string of the molecule is CC1=C([O-])[N+](C)(C)N=C1c1ccccc1. The van der Waals surface area contributed by atoms with Crippen molar-refractivity contribution in [3.8, 4) is 0 Å². The first-order valence-electron chi connectivity index (χ1n) is 4.91. The lowest BCUT2D eigenvalue weighted by Crippen LogP contribution is -2.36. The molecule has 0 amide bonds. The molecule has 1 aliphatic heterocycles. The van der Waals surface area contributed by atoms with Crippen LogP contribution in [0.2, 0.25) is 0 Å². The van der Waals surface area contributed by atoms with E-state index in [1.807, 2.05) is 37.3 Å². The van der Waals surface area contributed by atoms with Gasteiger partial charge in [-0.05, 0) is 6.92 Å². The van der Waals surface area contributed by atoms with E-state index in [9.17, 15) is 5.11 Å². The van der Waals surface area contributed by atoms with Crippen LogP contribution in [-0.2, 0) is 0 Å². The Kier molecular flexibility index (Phi) is 2.12. The van der Waals surface area contributed by atoms with Crippen molar-refractivity contribution in [2.24, 2.45) is 5.10 Å². The number of hydrogen-bond donors (Lipinski definition) is 0. The zero-order chi connectivity index (χ0) is 11.1. The van der Waals surface area contributed by atoms with Crippen molar-refractivity contribution in [3.05, 3.63) is 47.4 Å². The van der Waals surface area contributed by atoms with E-state index in [2.05, 4.69) is 5.10 Å². The monoisotopic (exact) mass is 202 g/mol. The van der Waals surface area contributed by atoms with Gasteiger partial charge in [0.25, 0.3) is 0 Å². The normalized spacial score (nSPS) is 19.3. The molecule has 3 nitrogen and oxygen atoms in total. The molecule has 3 heteroatoms. The van der Waals surface area contributed by atoms with Crippen LogP contribution in [-0.4, -0.2) is 24.4 Å². The van der Waals surface area contributed by atoms with Gasteiger partial charge in [-0.2, -0.15) is 4.59 Å². The molecule has 2 rings (SSSR count). The van der Waals surface area contributed by atoms with Crippen LogP contribution in [0.25, 0.3) is 0 Å². The van der Waals surface area contributed by atoms with Crippen LogP contribution in [0.4, 0.5) is 0 Å². The number of hydrogen-bond acceptors (Lipinski definition) is 2. The van der Waals surface area contributed by atoms with Crippen LogP contribution < -0.4 is 5.11 Å². The summed E-state index contributed by atoms with van der Waals surface area (Å²) in [6, 6.07) is 9.81. The summed E-state index contributed by atoms with van der Waals surface area (Å²) >= 11 is 0. The lowest BCUT2D eigenvalue weighted by atomic mass is 10.1. The minimum absolute atomic E-state index is 0.0638. The van der Waals surface area contributed by atoms with E-state index in [1.54, 1.807) is 14.1 Å². The summed E-state index contributed by atoms with van der Waals surface area (Å²) in [5.74, 6) is 0.0638. The molecule has 1 heterocycles. The zero-order valence-corrected chi connectivity index (χ0v) is 9.19. The van der Waals surface area contributed by atoms with E-state index >= 15 is 0 Å². The van der Waals surface area contributed by atoms with Crippen LogP contribution in [0.5, 0.6) is 0 Å². The Bertz CT molecular complexity index is 444. The molecule has 0 aliphatic carbocycles. The molecular weight excluding hydrogens is 188 g/mol. The standard InChI is InChI=1S/C12H14N2O/c1-9-11(10-7-5-4-6-8-10)13-14(2,3)12(9)15/h4-8H,1-3H3. The van der Waals surface area contributed by atoms with Gasteiger partial charge in [0.05, 0.1) is 14.1 Å². The van der Waals surface area contributed by atoms with Gasteiger partial charge in [-0.1, -0.05) is 35.4 Å². The molecule has 0 bridgehead atoms. The second-order valence-corrected chi connectivity index (χ2v) is 4.14. The Hall–Kier alpha value is -1.61. The van der Waals surface area contributed by atoms with Gasteiger partial charge in [-0.3, -0.25) is 0 Å². The van der Waals surface area contributed by atoms with Gasteiger partial charge < -0.3 is 5.11 Å². The maximum Gasteiger partial charge on any atom is 0.134 e. The predicted molar refractivity (Wildman–Crippen MR) is 57.8 cm³/mol. The van der Waals surface area contributed by atoms with Gasteiger partial charge in [-0.25, -0.2) is 0 Å². The van der Waals surface area contributed by atoms with Crippen molar-refractivity contribution >= 4 is 5.71 Å². The number of allylic oxidation sites excluding steroid dienone is 1. The molecule has 1 aliphatic rings. The average molecular weight is 202 g/mol. The maximum atomic E-state index is 11.8. The number of rotatable bonds is 1. The average Bonchev–Trinajstić information content (AvgIpc) is 2.44. The Morgan fingerprint density at radius 2 is 1.73 bits per heavy atom. The number of quaternary nitrogens is 1. The topological polar surface area (TPSA) is 35.4 Å². The van der Waals surface area contributed by atoms with Gasteiger partial charge in [0.15, 0.2) is 0 Å². The van der Waals surface area contributed by atoms with Gasteiger partial charge in [0.1, 0.15) is 11.6 Å². The fourth-order valence-electron chi connectivity index (χ4n) is 1.75. The van der Waals surface area contributed by atoms with Crippen molar-refractivity contribution in [1.82, 2.24) is 0 Å². The Balaban J connectivity index is 2.51. The van der Waals surface area contributed by atoms with E-state index < -0.39 is 0 Å². The minimum atomic E-state index is 0.0638. The fraction of sp³-hybridized carbons (Fsp3) is 0.250. The van der Waals surface area contributed by atoms with Gasteiger partial charge >= 0.3 is 0 Å². The molecular formula is C12H14N2O. The Morgan fingerprint density at radius 3 is 2.20 bits per heavy atom. The first-order chi connectivity index (χ1) is 7.02. The van der Waals surface area contributed by atoms with Crippen LogP contribution in [0, 0.1) is 0 Å². The van der Waals surface area contributed by atoms with Crippen LogP contribution in [0.15, 0.2) is 46.9 Å². The third-order valence-corrected chi connectivity index (χ3v) is 2.57. The summed E-state index contributed by atoms with van der Waals surface area (Å²) in [6.07, 6.45) is 0. The summed E-state index contributed by atoms with van der Waals surface area (Å²) in [4.78, 5) is 0. The number of nitrogens with zero attached hydrogens (tertiary/aromatic N) is 2. The third-order valence-electron chi connectivity index (χ3n) is 2.57. The predicted octanol–water partition coefficient (Wildman–Crippen LogP) is 1.07. The smallest absolute Gasteiger partial charge is 0.134 e. The van der Waals surface area contributed by atoms with E-state index in [4.69, 9.17) is 0 Å². The Labute approximate surface area is 89.6 Å². The van der Waals surface area contributed by atoms with E-state index in [0.717, 1.165) is 16.8 Å². The summed E-state index contributed by atoms with van der Waals surface area (Å²) in [7, 11) is 3.59. The van der Waals surface area contributed by atoms with E-state index in [0.29, 0.717) is 0 Å². The first-order valence-corrected chi connectivity index (χ1v) is 4.91. The summed E-state index contributed by atoms with van der Waals surface area (Å²) < 4.78 is 0.0655. The molecule has 15 heavy (non-hydrogen) atoms. The second kappa shape index (κ2) is 3.21. The number of benzene rings is 1. The molecule has 0 spiro atoms. The molecule has 0 atom stereocenters. The Morgan fingerprint density at radius 1 is 1.13 bits per heavy atom. The molecule has 0 saturated carbocycles. The highest BCUT2D eigenvalue weighted by Gasteiger charge is 2.28. The molecule has 0 unspecified atom stereocenters. The van der Waals surface area contributed by atoms with E-state index in [1.165, 1.54) is 0 Å². The minimum Gasteiger partial charge on any atom is -0.829 e. The van der Waals surface area contributed by atoms with Crippen molar-refractivity contribution < 1.29 is 9.70 Å². The van der Waals surface area contributed by atoms with Crippen LogP contribution in [0.3, 0.4) is 0 Å². The lowest BCUT2D eigenvalue weighted by molar-refractivity contribution is -0.904. The van der Waals surface area contributed by atoms with Crippen LogP contribution >= 0.6 is 0 Å². The van der Waals surface area contributed by atoms with Crippen molar-refractivity contribution in [2.75, 3.05) is 14.1 Å². The van der Waals surface area contributed by atoms with Crippen molar-refractivity contribution in [2.45, 2.75) is 6.92 Å². The van der Waals surface area contributed by atoms with Gasteiger partial charge in [-0.15, -0.1) is 0 Å². The molecule has 0 aromatic heterocycles. The summed E-state index contributed by atoms with van der Waals surface area (Å²) in [5, 5.41) is 16.3. The zero-order valence-electron chi connectivity index (χ0n) is 9.19. The largest absolute Gasteiger partial charge is 0.829 e. The van der Waals surface area contributed by atoms with Crippen molar-refractivity contribution in [1.29, 1.82) is 0 Å². The highest BCUT2D eigenvalue weighted by molar-refractivity contribution is 6.12. The van der Waals surface area contributed by atoms with Gasteiger partial charge in [0.2, 0.25) is 0 Å². The third kappa shape index (κ3) is 1.55. The summed E-state index contributed by atoms with van der Waals surface area (Å²) in [5.41, 5.74) is 2.56. The quantitative estimate of drug-likeness (QED) is 0.627. The molecule has 1 aromatic rings.